The van der Waals surface area contributed by atoms with Gasteiger partial charge in [-0.2, -0.15) is 0 Å². The van der Waals surface area contributed by atoms with Crippen molar-refractivity contribution < 1.29 is 38.2 Å². The average Bonchev–Trinajstić information content (AvgIpc) is 3.18. The molecular weight excluding hydrogens is 460 g/mol. The van der Waals surface area contributed by atoms with Crippen LogP contribution in [-0.4, -0.2) is 101 Å². The van der Waals surface area contributed by atoms with E-state index in [-0.39, 0.29) is 57.3 Å². The summed E-state index contributed by atoms with van der Waals surface area (Å²) in [4.78, 5) is 80.2. The summed E-state index contributed by atoms with van der Waals surface area (Å²) in [6.45, 7) is 7.09. The first-order chi connectivity index (χ1) is 16.5. The minimum atomic E-state index is -0.801. The normalized spacial score (nSPS) is 20.7. The van der Waals surface area contributed by atoms with E-state index in [1.165, 1.54) is 24.0 Å². The van der Waals surface area contributed by atoms with E-state index in [9.17, 15) is 28.8 Å². The summed E-state index contributed by atoms with van der Waals surface area (Å²) in [5.74, 6) is -2.14. The topological polar surface area (TPSA) is 134 Å². The maximum Gasteiger partial charge on any atom is 0.328 e. The quantitative estimate of drug-likeness (QED) is 0.293. The zero-order chi connectivity index (χ0) is 26.4. The number of hydrogen-bond donors (Lipinski definition) is 0. The molecular formula is C23H36N4O8. The van der Waals surface area contributed by atoms with Crippen LogP contribution in [0.4, 0.5) is 9.59 Å². The number of carbonyl (C=O) groups excluding carboxylic acids is 6. The molecule has 12 heteroatoms. The van der Waals surface area contributed by atoms with Gasteiger partial charge >= 0.3 is 24.0 Å². The van der Waals surface area contributed by atoms with E-state index < -0.39 is 47.9 Å². The van der Waals surface area contributed by atoms with Crippen molar-refractivity contribution in [3.63, 3.8) is 0 Å². The molecule has 0 aliphatic carbocycles. The summed E-state index contributed by atoms with van der Waals surface area (Å²) in [5, 5.41) is 0. The van der Waals surface area contributed by atoms with Crippen LogP contribution in [0.2, 0.25) is 0 Å². The van der Waals surface area contributed by atoms with Gasteiger partial charge in [-0.05, 0) is 24.7 Å². The Kier molecular flexibility index (Phi) is 9.61. The van der Waals surface area contributed by atoms with E-state index in [0.29, 0.717) is 0 Å². The van der Waals surface area contributed by atoms with E-state index in [1.54, 1.807) is 27.7 Å². The van der Waals surface area contributed by atoms with Gasteiger partial charge in [0, 0.05) is 25.9 Å². The van der Waals surface area contributed by atoms with Crippen LogP contribution in [0.15, 0.2) is 0 Å². The molecule has 2 aliphatic rings. The van der Waals surface area contributed by atoms with Gasteiger partial charge in [-0.25, -0.2) is 9.59 Å². The Morgan fingerprint density at radius 3 is 1.34 bits per heavy atom. The van der Waals surface area contributed by atoms with Crippen molar-refractivity contribution in [2.75, 3.05) is 34.0 Å². The molecule has 0 saturated carbocycles. The molecule has 2 fully saturated rings. The smallest absolute Gasteiger partial charge is 0.328 e. The molecule has 0 radical (unpaired) electrons. The molecule has 35 heavy (non-hydrogen) atoms. The Morgan fingerprint density at radius 2 is 1.06 bits per heavy atom. The van der Waals surface area contributed by atoms with Crippen LogP contribution >= 0.6 is 0 Å². The fraction of sp³-hybridized carbons (Fsp3) is 0.739. The monoisotopic (exact) mass is 496 g/mol. The summed E-state index contributed by atoms with van der Waals surface area (Å²) in [6, 6.07) is -2.73. The zero-order valence-electron chi connectivity index (χ0n) is 21.3. The van der Waals surface area contributed by atoms with Crippen molar-refractivity contribution in [1.82, 2.24) is 19.6 Å². The predicted octanol–water partition coefficient (Wildman–Crippen LogP) is 1.43. The highest BCUT2D eigenvalue weighted by molar-refractivity contribution is 6.06. The number of nitrogens with zero attached hydrogens (tertiary/aromatic N) is 4. The first-order valence-electron chi connectivity index (χ1n) is 11.8. The average molecular weight is 497 g/mol. The lowest BCUT2D eigenvalue weighted by molar-refractivity contribution is -0.141. The van der Waals surface area contributed by atoms with Gasteiger partial charge in [0.15, 0.2) is 0 Å². The van der Waals surface area contributed by atoms with Gasteiger partial charge in [0.05, 0.1) is 14.2 Å². The zero-order valence-corrected chi connectivity index (χ0v) is 21.3. The summed E-state index contributed by atoms with van der Waals surface area (Å²) in [6.07, 6.45) is 0.642. The van der Waals surface area contributed by atoms with Crippen LogP contribution in [0.5, 0.6) is 0 Å². The highest BCUT2D eigenvalue weighted by Gasteiger charge is 2.52. The lowest BCUT2D eigenvalue weighted by atomic mass is 10.0. The molecule has 0 N–H and O–H groups in total. The van der Waals surface area contributed by atoms with Crippen LogP contribution in [0.3, 0.4) is 0 Å². The van der Waals surface area contributed by atoms with E-state index in [4.69, 9.17) is 0 Å². The van der Waals surface area contributed by atoms with E-state index in [2.05, 4.69) is 9.47 Å². The number of amides is 6. The molecule has 12 nitrogen and oxygen atoms in total. The molecule has 0 aromatic carbocycles. The van der Waals surface area contributed by atoms with Gasteiger partial charge in [0.25, 0.3) is 11.8 Å². The summed E-state index contributed by atoms with van der Waals surface area (Å²) in [7, 11) is 2.53. The Labute approximate surface area is 205 Å². The molecule has 196 valence electrons. The maximum atomic E-state index is 13.2. The van der Waals surface area contributed by atoms with Gasteiger partial charge in [0.1, 0.15) is 18.8 Å². The second-order valence-electron chi connectivity index (χ2n) is 9.36. The maximum absolute atomic E-state index is 13.2. The van der Waals surface area contributed by atoms with Crippen LogP contribution in [0.25, 0.3) is 0 Å². The molecule has 0 bridgehead atoms. The van der Waals surface area contributed by atoms with Crippen molar-refractivity contribution >= 4 is 35.8 Å². The minimum Gasteiger partial charge on any atom is -0.469 e. The van der Waals surface area contributed by atoms with Gasteiger partial charge in [-0.3, -0.25) is 38.8 Å². The lowest BCUT2D eigenvalue weighted by Gasteiger charge is -2.32. The molecule has 2 rings (SSSR count). The number of esters is 2. The molecule has 2 atom stereocenters. The highest BCUT2D eigenvalue weighted by Crippen LogP contribution is 2.29. The van der Waals surface area contributed by atoms with Crippen molar-refractivity contribution in [2.45, 2.75) is 65.5 Å². The number of carbonyl (C=O) groups is 6. The predicted molar refractivity (Wildman–Crippen MR) is 123 cm³/mol. The molecule has 0 aromatic heterocycles. The van der Waals surface area contributed by atoms with Crippen molar-refractivity contribution in [1.29, 1.82) is 0 Å². The number of hydrogen-bond acceptors (Lipinski definition) is 8. The van der Waals surface area contributed by atoms with Crippen molar-refractivity contribution in [2.24, 2.45) is 11.8 Å². The van der Waals surface area contributed by atoms with Crippen molar-refractivity contribution in [3.8, 4) is 0 Å². The summed E-state index contributed by atoms with van der Waals surface area (Å²) in [5.41, 5.74) is 0. The fourth-order valence-corrected chi connectivity index (χ4v) is 4.45. The van der Waals surface area contributed by atoms with E-state index in [1.807, 2.05) is 0 Å². The highest BCUT2D eigenvalue weighted by atomic mass is 16.5. The Hall–Kier alpha value is -3.18. The number of imide groups is 2. The van der Waals surface area contributed by atoms with Gasteiger partial charge in [-0.1, -0.05) is 27.7 Å². The SMILES string of the molecule is COC(=O)CCCN1C(=O)C(C(C)C)N(CN2C(=O)N(CCCC(=O)OC)C(=O)C2C(C)C)C1=O. The van der Waals surface area contributed by atoms with Crippen LogP contribution in [0.1, 0.15) is 53.4 Å². The molecule has 2 saturated heterocycles. The fourth-order valence-electron chi connectivity index (χ4n) is 4.45. The molecule has 2 heterocycles. The molecule has 0 spiro atoms. The van der Waals surface area contributed by atoms with Gasteiger partial charge < -0.3 is 9.47 Å². The Bertz CT molecular complexity index is 790. The summed E-state index contributed by atoms with van der Waals surface area (Å²) < 4.78 is 9.21. The van der Waals surface area contributed by atoms with Crippen LogP contribution < -0.4 is 0 Å². The van der Waals surface area contributed by atoms with E-state index in [0.717, 1.165) is 9.80 Å². The number of rotatable bonds is 12. The van der Waals surface area contributed by atoms with Crippen LogP contribution in [-0.2, 0) is 28.7 Å². The Balaban J connectivity index is 2.21. The second kappa shape index (κ2) is 12.0. The first kappa shape index (κ1) is 28.1. The molecule has 2 aliphatic heterocycles. The second-order valence-corrected chi connectivity index (χ2v) is 9.36. The number of methoxy groups -OCH3 is 2. The Morgan fingerprint density at radius 1 is 0.714 bits per heavy atom. The standard InChI is InChI=1S/C23H36N4O8/c1-14(2)18-20(30)24(11-7-9-16(28)34-5)22(32)26(18)13-27-19(15(3)4)21(31)25(23(27)33)12-8-10-17(29)35-6/h14-15,18-19H,7-13H2,1-6H3. The third-order valence-electron chi connectivity index (χ3n) is 6.21. The van der Waals surface area contributed by atoms with E-state index >= 15 is 0 Å². The molecule has 0 aromatic rings. The van der Waals surface area contributed by atoms with Crippen molar-refractivity contribution in [3.05, 3.63) is 0 Å². The lowest BCUT2D eigenvalue weighted by Crippen LogP contribution is -2.50. The summed E-state index contributed by atoms with van der Waals surface area (Å²) >= 11 is 0. The largest absolute Gasteiger partial charge is 0.469 e. The molecule has 2 unspecified atom stereocenters. The number of ether oxygens (including phenoxy) is 2. The number of urea groups is 2. The molecule has 6 amide bonds. The van der Waals surface area contributed by atoms with Gasteiger partial charge in [-0.15, -0.1) is 0 Å². The minimum absolute atomic E-state index is 0.0482. The van der Waals surface area contributed by atoms with Crippen LogP contribution in [0, 0.1) is 11.8 Å². The first-order valence-corrected chi connectivity index (χ1v) is 11.8. The van der Waals surface area contributed by atoms with Gasteiger partial charge in [0.2, 0.25) is 0 Å². The third-order valence-corrected chi connectivity index (χ3v) is 6.21. The third kappa shape index (κ3) is 6.09.